The molecule has 4 heteroatoms. The molecule has 12 heavy (non-hydrogen) atoms. The number of rotatable bonds is 1. The topological polar surface area (TPSA) is 70.1 Å². The van der Waals surface area contributed by atoms with E-state index < -0.39 is 6.03 Å². The molecule has 4 nitrogen and oxygen atoms in total. The van der Waals surface area contributed by atoms with Crippen LogP contribution < -0.4 is 10.6 Å². The monoisotopic (exact) mass is 161 g/mol. The van der Waals surface area contributed by atoms with Crippen molar-refractivity contribution in [3.8, 4) is 6.19 Å². The van der Waals surface area contributed by atoms with Gasteiger partial charge in [-0.25, -0.2) is 4.79 Å². The Morgan fingerprint density at radius 1 is 1.42 bits per heavy atom. The van der Waals surface area contributed by atoms with Crippen molar-refractivity contribution in [3.05, 3.63) is 30.3 Å². The van der Waals surface area contributed by atoms with Crippen molar-refractivity contribution in [1.29, 1.82) is 5.26 Å². The van der Waals surface area contributed by atoms with E-state index in [2.05, 4.69) is 0 Å². The molecule has 0 aromatic heterocycles. The van der Waals surface area contributed by atoms with Crippen LogP contribution in [0.4, 0.5) is 10.5 Å². The summed E-state index contributed by atoms with van der Waals surface area (Å²) in [5, 5.41) is 8.52. The smallest absolute Gasteiger partial charge is 0.332 e. The molecular formula is C8H7N3O. The molecule has 0 unspecified atom stereocenters. The third-order valence-electron chi connectivity index (χ3n) is 1.33. The van der Waals surface area contributed by atoms with Gasteiger partial charge in [0.25, 0.3) is 0 Å². The maximum atomic E-state index is 10.7. The minimum Gasteiger partial charge on any atom is -0.350 e. The van der Waals surface area contributed by atoms with Gasteiger partial charge in [-0.2, -0.15) is 10.2 Å². The number of carbonyl (C=O) groups is 1. The molecule has 0 saturated carbocycles. The maximum Gasteiger partial charge on any atom is 0.332 e. The van der Waals surface area contributed by atoms with Crippen LogP contribution in [0.2, 0.25) is 0 Å². The van der Waals surface area contributed by atoms with Crippen molar-refractivity contribution in [3.63, 3.8) is 0 Å². The molecule has 0 saturated heterocycles. The first-order valence-electron chi connectivity index (χ1n) is 3.30. The highest BCUT2D eigenvalue weighted by Gasteiger charge is 2.09. The number of nitrogens with two attached hydrogens (primary N) is 1. The van der Waals surface area contributed by atoms with E-state index in [4.69, 9.17) is 11.0 Å². The van der Waals surface area contributed by atoms with Gasteiger partial charge in [0.05, 0.1) is 5.69 Å². The first-order valence-corrected chi connectivity index (χ1v) is 3.30. The van der Waals surface area contributed by atoms with Crippen molar-refractivity contribution in [2.75, 3.05) is 4.90 Å². The molecule has 0 bridgehead atoms. The Hall–Kier alpha value is -2.02. The molecule has 0 heterocycles. The number of nitriles is 1. The van der Waals surface area contributed by atoms with E-state index in [1.807, 2.05) is 0 Å². The summed E-state index contributed by atoms with van der Waals surface area (Å²) in [5.41, 5.74) is 5.42. The Morgan fingerprint density at radius 3 is 2.42 bits per heavy atom. The van der Waals surface area contributed by atoms with Gasteiger partial charge in [0.1, 0.15) is 0 Å². The van der Waals surface area contributed by atoms with Crippen LogP contribution in [0.1, 0.15) is 0 Å². The lowest BCUT2D eigenvalue weighted by atomic mass is 10.3. The number of nitrogens with zero attached hydrogens (tertiary/aromatic N) is 2. The molecule has 0 atom stereocenters. The number of primary amides is 1. The van der Waals surface area contributed by atoms with E-state index in [9.17, 15) is 4.79 Å². The van der Waals surface area contributed by atoms with Crippen LogP contribution in [-0.2, 0) is 0 Å². The highest BCUT2D eigenvalue weighted by atomic mass is 16.2. The standard InChI is InChI=1S/C8H7N3O/c9-6-11(8(10)12)7-4-2-1-3-5-7/h1-5H,(H2,10,12). The van der Waals surface area contributed by atoms with E-state index in [1.165, 1.54) is 0 Å². The van der Waals surface area contributed by atoms with Gasteiger partial charge in [0, 0.05) is 0 Å². The molecule has 0 spiro atoms. The van der Waals surface area contributed by atoms with E-state index in [0.29, 0.717) is 5.69 Å². The van der Waals surface area contributed by atoms with Crippen molar-refractivity contribution in [2.45, 2.75) is 0 Å². The quantitative estimate of drug-likeness (QED) is 0.494. The number of amides is 2. The Labute approximate surface area is 69.8 Å². The van der Waals surface area contributed by atoms with Crippen molar-refractivity contribution < 1.29 is 4.79 Å². The lowest BCUT2D eigenvalue weighted by molar-refractivity contribution is 0.256. The van der Waals surface area contributed by atoms with Crippen molar-refractivity contribution >= 4 is 11.7 Å². The average Bonchev–Trinajstić information content (AvgIpc) is 2.07. The van der Waals surface area contributed by atoms with Crippen LogP contribution in [0.25, 0.3) is 0 Å². The van der Waals surface area contributed by atoms with E-state index in [-0.39, 0.29) is 0 Å². The summed E-state index contributed by atoms with van der Waals surface area (Å²) < 4.78 is 0. The van der Waals surface area contributed by atoms with Crippen molar-refractivity contribution in [2.24, 2.45) is 5.73 Å². The third kappa shape index (κ3) is 1.52. The predicted molar refractivity (Wildman–Crippen MR) is 44.1 cm³/mol. The van der Waals surface area contributed by atoms with Crippen LogP contribution >= 0.6 is 0 Å². The zero-order valence-electron chi connectivity index (χ0n) is 6.27. The van der Waals surface area contributed by atoms with E-state index in [1.54, 1.807) is 36.5 Å². The summed E-state index contributed by atoms with van der Waals surface area (Å²) >= 11 is 0. The molecule has 1 aromatic rings. The molecule has 1 rings (SSSR count). The molecule has 0 radical (unpaired) electrons. The van der Waals surface area contributed by atoms with Crippen LogP contribution in [-0.4, -0.2) is 6.03 Å². The largest absolute Gasteiger partial charge is 0.350 e. The van der Waals surface area contributed by atoms with Gasteiger partial charge >= 0.3 is 6.03 Å². The highest BCUT2D eigenvalue weighted by Crippen LogP contribution is 2.10. The van der Waals surface area contributed by atoms with Gasteiger partial charge in [0.15, 0.2) is 6.19 Å². The molecule has 0 fully saturated rings. The Morgan fingerprint density at radius 2 is 2.00 bits per heavy atom. The summed E-state index contributed by atoms with van der Waals surface area (Å²) in [6.07, 6.45) is 1.68. The lowest BCUT2D eigenvalue weighted by Crippen LogP contribution is -2.31. The second-order valence-corrected chi connectivity index (χ2v) is 2.11. The van der Waals surface area contributed by atoms with Gasteiger partial charge in [-0.3, -0.25) is 0 Å². The number of anilines is 1. The Bertz CT molecular complexity index is 315. The maximum absolute atomic E-state index is 10.7. The molecule has 2 amide bonds. The SMILES string of the molecule is N#CN(C(N)=O)c1ccccc1. The summed E-state index contributed by atoms with van der Waals surface area (Å²) in [6.45, 7) is 0. The highest BCUT2D eigenvalue weighted by molar-refractivity contribution is 5.93. The Kier molecular flexibility index (Phi) is 2.29. The molecular weight excluding hydrogens is 154 g/mol. The van der Waals surface area contributed by atoms with Gasteiger partial charge in [-0.15, -0.1) is 0 Å². The molecule has 2 N–H and O–H groups in total. The normalized spacial score (nSPS) is 8.58. The van der Waals surface area contributed by atoms with Gasteiger partial charge < -0.3 is 5.73 Å². The number of para-hydroxylation sites is 1. The third-order valence-corrected chi connectivity index (χ3v) is 1.33. The van der Waals surface area contributed by atoms with E-state index >= 15 is 0 Å². The lowest BCUT2D eigenvalue weighted by Gasteiger charge is -2.08. The Balaban J connectivity index is 2.98. The number of hydrogen-bond donors (Lipinski definition) is 1. The predicted octanol–water partition coefficient (Wildman–Crippen LogP) is 1.05. The number of urea groups is 1. The zero-order chi connectivity index (χ0) is 8.97. The fourth-order valence-electron chi connectivity index (χ4n) is 0.811. The second-order valence-electron chi connectivity index (χ2n) is 2.11. The first-order chi connectivity index (χ1) is 5.75. The van der Waals surface area contributed by atoms with Crippen LogP contribution in [0.15, 0.2) is 30.3 Å². The molecule has 60 valence electrons. The van der Waals surface area contributed by atoms with Crippen molar-refractivity contribution in [1.82, 2.24) is 0 Å². The van der Waals surface area contributed by atoms with Gasteiger partial charge in [0.2, 0.25) is 0 Å². The van der Waals surface area contributed by atoms with E-state index in [0.717, 1.165) is 4.90 Å². The van der Waals surface area contributed by atoms with Gasteiger partial charge in [-0.05, 0) is 12.1 Å². The summed E-state index contributed by atoms with van der Waals surface area (Å²) in [7, 11) is 0. The second kappa shape index (κ2) is 3.39. The zero-order valence-corrected chi connectivity index (χ0v) is 6.27. The molecule has 0 aliphatic carbocycles. The molecule has 0 aliphatic heterocycles. The molecule has 0 aliphatic rings. The minimum atomic E-state index is -0.774. The molecule has 1 aromatic carbocycles. The summed E-state index contributed by atoms with van der Waals surface area (Å²) in [4.78, 5) is 11.5. The first kappa shape index (κ1) is 8.08. The van der Waals surface area contributed by atoms with Gasteiger partial charge in [-0.1, -0.05) is 18.2 Å². The van der Waals surface area contributed by atoms with Crippen LogP contribution in [0, 0.1) is 11.5 Å². The number of benzene rings is 1. The average molecular weight is 161 g/mol. The fourth-order valence-corrected chi connectivity index (χ4v) is 0.811. The summed E-state index contributed by atoms with van der Waals surface area (Å²) in [6, 6.07) is 7.73. The fraction of sp³-hybridized carbons (Fsp3) is 0. The number of carbonyl (C=O) groups excluding carboxylic acids is 1. The number of hydrogen-bond acceptors (Lipinski definition) is 2. The minimum absolute atomic E-state index is 0.479. The summed E-state index contributed by atoms with van der Waals surface area (Å²) in [5.74, 6) is 0. The van der Waals surface area contributed by atoms with Crippen LogP contribution in [0.5, 0.6) is 0 Å². The van der Waals surface area contributed by atoms with Crippen LogP contribution in [0.3, 0.4) is 0 Å².